The van der Waals surface area contributed by atoms with Crippen LogP contribution in [-0.4, -0.2) is 95.6 Å². The lowest BCUT2D eigenvalue weighted by Gasteiger charge is -2.44. The number of rotatable bonds is 8. The van der Waals surface area contributed by atoms with E-state index in [9.17, 15) is 32.8 Å². The Labute approximate surface area is 281 Å². The van der Waals surface area contributed by atoms with Gasteiger partial charge in [-0.15, -0.1) is 0 Å². The van der Waals surface area contributed by atoms with Gasteiger partial charge in [0.25, 0.3) is 5.91 Å². The number of nitriles is 1. The Balaban J connectivity index is 1.35. The molecule has 0 unspecified atom stereocenters. The molecule has 0 bridgehead atoms. The van der Waals surface area contributed by atoms with Crippen LogP contribution >= 0.6 is 0 Å². The SMILES string of the molecule is CCOc1ncccc1-c1ccc(N2C[C@H]3CN(c4ccc(C(F)(F)F)cc4C#N)C(=O)N3C[C@H]2CC)c(C(=O)N[C@@H]2CC(=O)N(C)C2)n1. The zero-order valence-corrected chi connectivity index (χ0v) is 27.2. The maximum atomic E-state index is 14.0. The molecule has 6 rings (SSSR count). The number of urea groups is 1. The molecule has 0 spiro atoms. The van der Waals surface area contributed by atoms with Gasteiger partial charge in [0.05, 0.1) is 52.4 Å². The molecule has 3 saturated heterocycles. The Morgan fingerprint density at radius 3 is 2.51 bits per heavy atom. The van der Waals surface area contributed by atoms with Crippen molar-refractivity contribution in [3.8, 4) is 23.2 Å². The normalized spacial score (nSPS) is 20.8. The van der Waals surface area contributed by atoms with Crippen LogP contribution < -0.4 is 19.9 Å². The van der Waals surface area contributed by atoms with E-state index in [1.807, 2.05) is 30.9 Å². The van der Waals surface area contributed by atoms with Gasteiger partial charge in [-0.2, -0.15) is 18.4 Å². The average molecular weight is 677 g/mol. The number of aromatic nitrogens is 2. The molecule has 0 saturated carbocycles. The number of ether oxygens (including phenoxy) is 1. The molecule has 49 heavy (non-hydrogen) atoms. The number of anilines is 2. The first-order valence-electron chi connectivity index (χ1n) is 16.0. The van der Waals surface area contributed by atoms with Gasteiger partial charge in [0.15, 0.2) is 5.69 Å². The zero-order valence-electron chi connectivity index (χ0n) is 27.2. The highest BCUT2D eigenvalue weighted by Gasteiger charge is 2.46. The van der Waals surface area contributed by atoms with Crippen LogP contribution in [0.15, 0.2) is 48.7 Å². The van der Waals surface area contributed by atoms with Gasteiger partial charge in [-0.25, -0.2) is 14.8 Å². The van der Waals surface area contributed by atoms with Crippen LogP contribution in [0.25, 0.3) is 11.3 Å². The van der Waals surface area contributed by atoms with Crippen molar-refractivity contribution in [2.24, 2.45) is 0 Å². The Morgan fingerprint density at radius 1 is 1.06 bits per heavy atom. The van der Waals surface area contributed by atoms with E-state index in [-0.39, 0.29) is 48.4 Å². The molecule has 0 aliphatic carbocycles. The van der Waals surface area contributed by atoms with Crippen molar-refractivity contribution in [2.75, 3.05) is 49.6 Å². The van der Waals surface area contributed by atoms with Crippen molar-refractivity contribution < 1.29 is 32.3 Å². The molecule has 4 amide bonds. The highest BCUT2D eigenvalue weighted by molar-refractivity contribution is 6.00. The molecule has 0 radical (unpaired) electrons. The summed E-state index contributed by atoms with van der Waals surface area (Å²) in [6.45, 7) is 5.25. The van der Waals surface area contributed by atoms with Crippen molar-refractivity contribution in [1.82, 2.24) is 25.1 Å². The second kappa shape index (κ2) is 13.3. The molecular formula is C34H35F3N8O4. The number of pyridine rings is 2. The number of likely N-dealkylation sites (N-methyl/N-ethyl adjacent to an activating group) is 1. The van der Waals surface area contributed by atoms with Crippen LogP contribution in [0, 0.1) is 11.3 Å². The molecule has 1 N–H and O–H groups in total. The third kappa shape index (κ3) is 6.42. The summed E-state index contributed by atoms with van der Waals surface area (Å²) in [5.41, 5.74) is 0.620. The van der Waals surface area contributed by atoms with Crippen LogP contribution in [0.3, 0.4) is 0 Å². The fraction of sp³-hybridized carbons (Fsp3) is 0.412. The summed E-state index contributed by atoms with van der Waals surface area (Å²) < 4.78 is 45.8. The van der Waals surface area contributed by atoms with Crippen LogP contribution in [0.5, 0.6) is 5.88 Å². The van der Waals surface area contributed by atoms with Crippen molar-refractivity contribution in [3.63, 3.8) is 0 Å². The topological polar surface area (TPSA) is 135 Å². The van der Waals surface area contributed by atoms with E-state index in [0.717, 1.165) is 18.2 Å². The average Bonchev–Trinajstić information content (AvgIpc) is 3.58. The lowest BCUT2D eigenvalue weighted by atomic mass is 10.0. The summed E-state index contributed by atoms with van der Waals surface area (Å²) >= 11 is 0. The van der Waals surface area contributed by atoms with Gasteiger partial charge in [0.1, 0.15) is 6.07 Å². The fourth-order valence-electron chi connectivity index (χ4n) is 6.72. The quantitative estimate of drug-likeness (QED) is 0.373. The van der Waals surface area contributed by atoms with E-state index in [4.69, 9.17) is 9.72 Å². The number of amides is 4. The first kappa shape index (κ1) is 33.5. The van der Waals surface area contributed by atoms with E-state index in [2.05, 4.69) is 10.3 Å². The summed E-state index contributed by atoms with van der Waals surface area (Å²) in [7, 11) is 1.68. The number of halogens is 3. The largest absolute Gasteiger partial charge is 0.477 e. The summed E-state index contributed by atoms with van der Waals surface area (Å²) in [5, 5.41) is 12.7. The number of likely N-dealkylation sites (tertiary alicyclic amines) is 1. The molecule has 3 atom stereocenters. The maximum absolute atomic E-state index is 14.0. The first-order valence-corrected chi connectivity index (χ1v) is 16.0. The zero-order chi connectivity index (χ0) is 35.0. The van der Waals surface area contributed by atoms with Crippen LogP contribution in [0.2, 0.25) is 0 Å². The molecule has 12 nitrogen and oxygen atoms in total. The highest BCUT2D eigenvalue weighted by atomic mass is 19.4. The summed E-state index contributed by atoms with van der Waals surface area (Å²) in [6.07, 6.45) is -2.27. The Bertz CT molecular complexity index is 1830. The minimum absolute atomic E-state index is 0.0748. The minimum Gasteiger partial charge on any atom is -0.477 e. The lowest BCUT2D eigenvalue weighted by Crippen LogP contribution is -2.58. The third-order valence-electron chi connectivity index (χ3n) is 9.18. The van der Waals surface area contributed by atoms with Gasteiger partial charge in [-0.05, 0) is 55.8 Å². The number of nitrogens with one attached hydrogen (secondary N) is 1. The van der Waals surface area contributed by atoms with Gasteiger partial charge in [-0.1, -0.05) is 6.92 Å². The molecular weight excluding hydrogens is 641 g/mol. The molecule has 5 heterocycles. The Hall–Kier alpha value is -5.39. The molecule has 1 aromatic carbocycles. The number of nitrogens with zero attached hydrogens (tertiary/aromatic N) is 7. The number of hydrogen-bond donors (Lipinski definition) is 1. The van der Waals surface area contributed by atoms with Gasteiger partial charge in [-0.3, -0.25) is 14.5 Å². The van der Waals surface area contributed by atoms with E-state index < -0.39 is 35.8 Å². The van der Waals surface area contributed by atoms with Crippen LogP contribution in [0.1, 0.15) is 48.3 Å². The monoisotopic (exact) mass is 676 g/mol. The van der Waals surface area contributed by atoms with E-state index in [1.54, 1.807) is 41.2 Å². The number of carbonyl (C=O) groups is 3. The van der Waals surface area contributed by atoms with Gasteiger partial charge in [0, 0.05) is 51.9 Å². The lowest BCUT2D eigenvalue weighted by molar-refractivity contribution is -0.137. The van der Waals surface area contributed by atoms with Crippen molar-refractivity contribution in [1.29, 1.82) is 5.26 Å². The highest BCUT2D eigenvalue weighted by Crippen LogP contribution is 2.38. The molecule has 3 fully saturated rings. The van der Waals surface area contributed by atoms with Crippen LogP contribution in [0.4, 0.5) is 29.3 Å². The Morgan fingerprint density at radius 2 is 1.84 bits per heavy atom. The van der Waals surface area contributed by atoms with Gasteiger partial charge in [0.2, 0.25) is 11.8 Å². The molecule has 256 valence electrons. The second-order valence-electron chi connectivity index (χ2n) is 12.3. The second-order valence-corrected chi connectivity index (χ2v) is 12.3. The first-order chi connectivity index (χ1) is 23.4. The predicted octanol–water partition coefficient (Wildman–Crippen LogP) is 4.30. The van der Waals surface area contributed by atoms with Crippen molar-refractivity contribution >= 4 is 29.2 Å². The van der Waals surface area contributed by atoms with E-state index >= 15 is 0 Å². The van der Waals surface area contributed by atoms with Crippen LogP contribution in [-0.2, 0) is 11.0 Å². The summed E-state index contributed by atoms with van der Waals surface area (Å²) in [4.78, 5) is 55.7. The number of fused-ring (bicyclic) bond motifs is 1. The number of hydrogen-bond acceptors (Lipinski definition) is 8. The van der Waals surface area contributed by atoms with E-state index in [0.29, 0.717) is 48.9 Å². The molecule has 3 aliphatic heterocycles. The van der Waals surface area contributed by atoms with Gasteiger partial charge >= 0.3 is 12.2 Å². The van der Waals surface area contributed by atoms with Crippen molar-refractivity contribution in [2.45, 2.75) is 51.0 Å². The molecule has 3 aliphatic rings. The smallest absolute Gasteiger partial charge is 0.416 e. The standard InChI is InChI=1S/C34H35F3N8O4/c1-4-23-17-44-24(19-45(33(44)48)27-10-8-21(34(35,36)37)13-20(27)15-38)18-43(23)28-11-9-26(25-7-6-12-39-32(25)49-5-2)41-30(28)31(47)40-22-14-29(46)42(3)16-22/h6-13,22-24H,4-5,14,16-19H2,1-3H3,(H,40,47)/t22-,23-,24+/m1/s1. The number of piperazine rings is 1. The number of alkyl halides is 3. The van der Waals surface area contributed by atoms with Gasteiger partial charge < -0.3 is 24.8 Å². The number of carbonyl (C=O) groups excluding carboxylic acids is 3. The maximum Gasteiger partial charge on any atom is 0.416 e. The third-order valence-corrected chi connectivity index (χ3v) is 9.18. The minimum atomic E-state index is -4.64. The Kier molecular flexibility index (Phi) is 9.06. The number of benzene rings is 1. The van der Waals surface area contributed by atoms with Crippen molar-refractivity contribution in [3.05, 3.63) is 65.5 Å². The van der Waals surface area contributed by atoms with E-state index in [1.165, 1.54) is 4.90 Å². The summed E-state index contributed by atoms with van der Waals surface area (Å²) in [6, 6.07) is 10.3. The summed E-state index contributed by atoms with van der Waals surface area (Å²) in [5.74, 6) is -0.171. The fourth-order valence-corrected chi connectivity index (χ4v) is 6.72. The molecule has 15 heteroatoms. The predicted molar refractivity (Wildman–Crippen MR) is 173 cm³/mol. The molecule has 2 aromatic heterocycles. The molecule has 3 aromatic rings.